The van der Waals surface area contributed by atoms with Gasteiger partial charge < -0.3 is 11.1 Å². The van der Waals surface area contributed by atoms with E-state index in [1.807, 2.05) is 84.9 Å². The lowest BCUT2D eigenvalue weighted by atomic mass is 10.0. The molecule has 0 spiro atoms. The van der Waals surface area contributed by atoms with Crippen molar-refractivity contribution in [1.29, 1.82) is 0 Å². The van der Waals surface area contributed by atoms with E-state index in [1.165, 1.54) is 0 Å². The van der Waals surface area contributed by atoms with Gasteiger partial charge in [0.2, 0.25) is 5.91 Å². The van der Waals surface area contributed by atoms with Gasteiger partial charge in [-0.15, -0.1) is 0 Å². The van der Waals surface area contributed by atoms with Crippen molar-refractivity contribution in [3.05, 3.63) is 108 Å². The number of rotatable bonds is 6. The Balaban J connectivity index is 1.48. The van der Waals surface area contributed by atoms with E-state index >= 15 is 0 Å². The summed E-state index contributed by atoms with van der Waals surface area (Å²) in [5.74, 6) is -0.878. The van der Waals surface area contributed by atoms with Crippen LogP contribution in [0, 0.1) is 0 Å². The summed E-state index contributed by atoms with van der Waals surface area (Å²) >= 11 is 0. The number of hydrogen-bond donors (Lipinski definition) is 2. The second-order valence-electron chi connectivity index (χ2n) is 7.26. The largest absolute Gasteiger partial charge is 0.368 e. The zero-order valence-corrected chi connectivity index (χ0v) is 16.4. The van der Waals surface area contributed by atoms with Crippen molar-refractivity contribution in [3.63, 3.8) is 0 Å². The summed E-state index contributed by atoms with van der Waals surface area (Å²) in [7, 11) is 0. The van der Waals surface area contributed by atoms with Crippen LogP contribution in [0.2, 0.25) is 0 Å². The van der Waals surface area contributed by atoms with Gasteiger partial charge in [0, 0.05) is 12.0 Å². The smallest absolute Gasteiger partial charge is 0.251 e. The molecule has 0 aromatic heterocycles. The minimum absolute atomic E-state index is 0.320. The van der Waals surface area contributed by atoms with E-state index < -0.39 is 11.9 Å². The second kappa shape index (κ2) is 8.62. The van der Waals surface area contributed by atoms with Gasteiger partial charge in [0.15, 0.2) is 0 Å². The molecule has 0 heterocycles. The van der Waals surface area contributed by atoms with Crippen molar-refractivity contribution >= 4 is 22.6 Å². The summed E-state index contributed by atoms with van der Waals surface area (Å²) in [6, 6.07) is 30.4. The fraction of sp³-hybridized carbons (Fsp3) is 0.0769. The van der Waals surface area contributed by atoms with Crippen LogP contribution in [-0.4, -0.2) is 17.9 Å². The van der Waals surface area contributed by atoms with Gasteiger partial charge in [-0.2, -0.15) is 0 Å². The average Bonchev–Trinajstić information content (AvgIpc) is 2.79. The Kier molecular flexibility index (Phi) is 5.57. The predicted octanol–water partition coefficient (Wildman–Crippen LogP) is 4.33. The average molecular weight is 394 g/mol. The Bertz CT molecular complexity index is 1180. The summed E-state index contributed by atoms with van der Waals surface area (Å²) in [4.78, 5) is 24.7. The van der Waals surface area contributed by atoms with Crippen molar-refractivity contribution < 1.29 is 9.59 Å². The maximum atomic E-state index is 12.7. The summed E-state index contributed by atoms with van der Waals surface area (Å²) in [5, 5.41) is 4.98. The molecule has 0 aliphatic rings. The number of nitrogens with two attached hydrogens (primary N) is 1. The van der Waals surface area contributed by atoms with Crippen LogP contribution >= 0.6 is 0 Å². The first kappa shape index (κ1) is 19.4. The molecular formula is C26H22N2O2. The van der Waals surface area contributed by atoms with Crippen LogP contribution in [-0.2, 0) is 11.2 Å². The minimum atomic E-state index is -0.785. The van der Waals surface area contributed by atoms with E-state index in [4.69, 9.17) is 5.73 Å². The van der Waals surface area contributed by atoms with Crippen LogP contribution in [0.3, 0.4) is 0 Å². The summed E-state index contributed by atoms with van der Waals surface area (Å²) in [5.41, 5.74) is 9.10. The van der Waals surface area contributed by atoms with Crippen LogP contribution in [0.4, 0.5) is 0 Å². The Hall–Kier alpha value is -3.92. The molecule has 30 heavy (non-hydrogen) atoms. The van der Waals surface area contributed by atoms with Gasteiger partial charge in [0.05, 0.1) is 0 Å². The number of carbonyl (C=O) groups excluding carboxylic acids is 2. The third kappa shape index (κ3) is 4.39. The number of nitrogens with one attached hydrogen (secondary N) is 1. The van der Waals surface area contributed by atoms with Crippen LogP contribution in [0.5, 0.6) is 0 Å². The Labute approximate surface area is 175 Å². The Morgan fingerprint density at radius 3 is 2.07 bits per heavy atom. The van der Waals surface area contributed by atoms with E-state index in [-0.39, 0.29) is 5.91 Å². The molecular weight excluding hydrogens is 372 g/mol. The maximum Gasteiger partial charge on any atom is 0.251 e. The highest BCUT2D eigenvalue weighted by molar-refractivity contribution is 5.97. The second-order valence-corrected chi connectivity index (χ2v) is 7.26. The molecule has 1 atom stereocenters. The van der Waals surface area contributed by atoms with Crippen molar-refractivity contribution in [2.45, 2.75) is 12.5 Å². The third-order valence-electron chi connectivity index (χ3n) is 5.16. The highest BCUT2D eigenvalue weighted by Gasteiger charge is 2.19. The molecule has 0 radical (unpaired) electrons. The summed E-state index contributed by atoms with van der Waals surface area (Å²) in [6.45, 7) is 0. The van der Waals surface area contributed by atoms with Crippen LogP contribution in [0.1, 0.15) is 15.9 Å². The first-order valence-corrected chi connectivity index (χ1v) is 9.83. The van der Waals surface area contributed by atoms with Crippen LogP contribution in [0.15, 0.2) is 97.1 Å². The molecule has 0 bridgehead atoms. The fourth-order valence-electron chi connectivity index (χ4n) is 3.51. The molecule has 0 aliphatic heterocycles. The number of amides is 2. The van der Waals surface area contributed by atoms with Crippen LogP contribution in [0.25, 0.3) is 21.9 Å². The van der Waals surface area contributed by atoms with Crippen LogP contribution < -0.4 is 11.1 Å². The van der Waals surface area contributed by atoms with E-state index in [0.29, 0.717) is 12.0 Å². The van der Waals surface area contributed by atoms with E-state index in [1.54, 1.807) is 12.1 Å². The maximum absolute atomic E-state index is 12.7. The lowest BCUT2D eigenvalue weighted by molar-refractivity contribution is -0.119. The molecule has 4 rings (SSSR count). The highest BCUT2D eigenvalue weighted by atomic mass is 16.2. The number of primary amides is 1. The van der Waals surface area contributed by atoms with E-state index in [2.05, 4.69) is 5.32 Å². The molecule has 0 fully saturated rings. The van der Waals surface area contributed by atoms with Crippen molar-refractivity contribution in [3.8, 4) is 11.1 Å². The monoisotopic (exact) mass is 394 g/mol. The van der Waals surface area contributed by atoms with Gasteiger partial charge in [0.25, 0.3) is 5.91 Å². The van der Waals surface area contributed by atoms with Crippen molar-refractivity contribution in [2.75, 3.05) is 0 Å². The molecule has 3 N–H and O–H groups in total. The standard InChI is InChI=1S/C26H22N2O2/c27-25(29)24(17-18-10-11-20-8-4-5-9-23(20)16-18)28-26(30)22-14-12-21(13-15-22)19-6-2-1-3-7-19/h1-16,24H,17H2,(H2,27,29)(H,28,30)/t24-/m0/s1. The number of hydrogen-bond acceptors (Lipinski definition) is 2. The summed E-state index contributed by atoms with van der Waals surface area (Å²) in [6.07, 6.45) is 0.341. The molecule has 4 nitrogen and oxygen atoms in total. The van der Waals surface area contributed by atoms with Gasteiger partial charge in [-0.3, -0.25) is 9.59 Å². The first-order chi connectivity index (χ1) is 14.6. The molecule has 0 unspecified atom stereocenters. The highest BCUT2D eigenvalue weighted by Crippen LogP contribution is 2.20. The normalized spacial score (nSPS) is 11.7. The molecule has 4 aromatic carbocycles. The molecule has 4 aromatic rings. The molecule has 0 saturated heterocycles. The Morgan fingerprint density at radius 2 is 1.37 bits per heavy atom. The lowest BCUT2D eigenvalue weighted by Gasteiger charge is -2.16. The lowest BCUT2D eigenvalue weighted by Crippen LogP contribution is -2.45. The van der Waals surface area contributed by atoms with E-state index in [0.717, 1.165) is 27.5 Å². The first-order valence-electron chi connectivity index (χ1n) is 9.83. The number of fused-ring (bicyclic) bond motifs is 1. The number of benzene rings is 4. The fourth-order valence-corrected chi connectivity index (χ4v) is 3.51. The van der Waals surface area contributed by atoms with E-state index in [9.17, 15) is 9.59 Å². The van der Waals surface area contributed by atoms with Gasteiger partial charge in [-0.1, -0.05) is 84.9 Å². The zero-order valence-electron chi connectivity index (χ0n) is 16.4. The van der Waals surface area contributed by atoms with Gasteiger partial charge in [-0.05, 0) is 39.6 Å². The molecule has 0 saturated carbocycles. The molecule has 2 amide bonds. The van der Waals surface area contributed by atoms with Gasteiger partial charge in [-0.25, -0.2) is 0 Å². The van der Waals surface area contributed by atoms with Crippen molar-refractivity contribution in [1.82, 2.24) is 5.32 Å². The molecule has 0 aliphatic carbocycles. The Morgan fingerprint density at radius 1 is 0.733 bits per heavy atom. The quantitative estimate of drug-likeness (QED) is 0.511. The van der Waals surface area contributed by atoms with Gasteiger partial charge in [0.1, 0.15) is 6.04 Å². The predicted molar refractivity (Wildman–Crippen MR) is 120 cm³/mol. The number of carbonyl (C=O) groups is 2. The molecule has 4 heteroatoms. The zero-order chi connectivity index (χ0) is 20.9. The van der Waals surface area contributed by atoms with Gasteiger partial charge >= 0.3 is 0 Å². The minimum Gasteiger partial charge on any atom is -0.368 e. The molecule has 148 valence electrons. The third-order valence-corrected chi connectivity index (χ3v) is 5.16. The topological polar surface area (TPSA) is 72.2 Å². The SMILES string of the molecule is NC(=O)[C@H](Cc1ccc2ccccc2c1)NC(=O)c1ccc(-c2ccccc2)cc1. The van der Waals surface area contributed by atoms with Crippen molar-refractivity contribution in [2.24, 2.45) is 5.73 Å². The summed E-state index contributed by atoms with van der Waals surface area (Å²) < 4.78 is 0.